The maximum Gasteiger partial charge on any atom is 0.193 e. The summed E-state index contributed by atoms with van der Waals surface area (Å²) in [5, 5.41) is 3.55. The average Bonchev–Trinajstić information content (AvgIpc) is 3.03. The Morgan fingerprint density at radius 1 is 1.12 bits per heavy atom. The Hall–Kier alpha value is -0.0800. The molecule has 2 heterocycles. The molecule has 6 heteroatoms. The maximum absolute atomic E-state index is 5.45. The molecule has 1 N–H and O–H groups in total. The molecule has 3 aliphatic rings. The van der Waals surface area contributed by atoms with Crippen LogP contribution in [0.1, 0.15) is 52.4 Å². The van der Waals surface area contributed by atoms with Crippen LogP contribution in [0.25, 0.3) is 0 Å². The number of aliphatic imine (C=N–C) groups is 1. The zero-order chi connectivity index (χ0) is 17.5. The molecule has 2 aliphatic heterocycles. The lowest BCUT2D eigenvalue weighted by atomic mass is 9.73. The fourth-order valence-corrected chi connectivity index (χ4v) is 4.78. The van der Waals surface area contributed by atoms with Crippen LogP contribution in [0.3, 0.4) is 0 Å². The molecule has 1 atom stereocenters. The van der Waals surface area contributed by atoms with Gasteiger partial charge in [-0.15, -0.1) is 24.0 Å². The van der Waals surface area contributed by atoms with Crippen LogP contribution in [0, 0.1) is 11.3 Å². The van der Waals surface area contributed by atoms with Crippen LogP contribution in [0.15, 0.2) is 4.99 Å². The Morgan fingerprint density at radius 3 is 2.54 bits per heavy atom. The van der Waals surface area contributed by atoms with E-state index in [0.717, 1.165) is 51.9 Å². The Kier molecular flexibility index (Phi) is 9.44. The molecule has 3 rings (SSSR count). The smallest absolute Gasteiger partial charge is 0.193 e. The predicted molar refractivity (Wildman–Crippen MR) is 120 cm³/mol. The highest BCUT2D eigenvalue weighted by atomic mass is 127. The highest BCUT2D eigenvalue weighted by Crippen LogP contribution is 2.43. The topological polar surface area (TPSA) is 40.1 Å². The molecule has 152 valence electrons. The molecule has 0 radical (unpaired) electrons. The molecule has 5 nitrogen and oxygen atoms in total. The van der Waals surface area contributed by atoms with Crippen molar-refractivity contribution in [3.63, 3.8) is 0 Å². The van der Waals surface area contributed by atoms with E-state index in [4.69, 9.17) is 9.73 Å². The molecule has 0 amide bonds. The van der Waals surface area contributed by atoms with Crippen LogP contribution in [0.2, 0.25) is 0 Å². The summed E-state index contributed by atoms with van der Waals surface area (Å²) in [4.78, 5) is 10.1. The number of nitrogens with one attached hydrogen (secondary N) is 1. The normalized spacial score (nSPS) is 25.2. The van der Waals surface area contributed by atoms with Gasteiger partial charge in [0.2, 0.25) is 0 Å². The van der Waals surface area contributed by atoms with Gasteiger partial charge in [-0.1, -0.05) is 26.2 Å². The third kappa shape index (κ3) is 6.23. The molecule has 26 heavy (non-hydrogen) atoms. The van der Waals surface area contributed by atoms with Crippen LogP contribution in [0.4, 0.5) is 0 Å². The third-order valence-corrected chi connectivity index (χ3v) is 6.21. The second-order valence-electron chi connectivity index (χ2n) is 8.44. The first-order chi connectivity index (χ1) is 12.2. The minimum Gasteiger partial charge on any atom is -0.379 e. The first-order valence-electron chi connectivity index (χ1n) is 10.5. The van der Waals surface area contributed by atoms with Gasteiger partial charge in [-0.05, 0) is 37.5 Å². The Bertz CT molecular complexity index is 434. The Labute approximate surface area is 177 Å². The van der Waals surface area contributed by atoms with Gasteiger partial charge < -0.3 is 15.0 Å². The standard InChI is InChI=1S/C20H38N4O.HI/c1-3-21-19(22-15-18(2)16-23-11-13-25-14-12-23)24-10-9-20(17-24)7-5-4-6-8-20;/h18H,3-17H2,1-2H3,(H,21,22);1H. The van der Waals surface area contributed by atoms with Crippen molar-refractivity contribution in [3.05, 3.63) is 0 Å². The lowest BCUT2D eigenvalue weighted by Crippen LogP contribution is -2.42. The van der Waals surface area contributed by atoms with Crippen LogP contribution < -0.4 is 5.32 Å². The summed E-state index contributed by atoms with van der Waals surface area (Å²) in [5.74, 6) is 1.75. The number of nitrogens with zero attached hydrogens (tertiary/aromatic N) is 3. The van der Waals surface area contributed by atoms with Crippen molar-refractivity contribution in [2.45, 2.75) is 52.4 Å². The van der Waals surface area contributed by atoms with E-state index in [1.807, 2.05) is 0 Å². The monoisotopic (exact) mass is 478 g/mol. The van der Waals surface area contributed by atoms with E-state index in [1.54, 1.807) is 0 Å². The van der Waals surface area contributed by atoms with Crippen LogP contribution in [-0.4, -0.2) is 74.8 Å². The van der Waals surface area contributed by atoms with Crippen molar-refractivity contribution in [1.29, 1.82) is 0 Å². The maximum atomic E-state index is 5.45. The second kappa shape index (κ2) is 11.1. The largest absolute Gasteiger partial charge is 0.379 e. The molecule has 3 fully saturated rings. The molecular formula is C20H39IN4O. The van der Waals surface area contributed by atoms with Gasteiger partial charge in [-0.25, -0.2) is 0 Å². The van der Waals surface area contributed by atoms with Crippen molar-refractivity contribution in [2.24, 2.45) is 16.3 Å². The molecule has 1 spiro atoms. The van der Waals surface area contributed by atoms with E-state index in [-0.39, 0.29) is 24.0 Å². The number of guanidine groups is 1. The highest BCUT2D eigenvalue weighted by Gasteiger charge is 2.39. The summed E-state index contributed by atoms with van der Waals surface area (Å²) in [7, 11) is 0. The number of ether oxygens (including phenoxy) is 1. The SMILES string of the molecule is CCNC(=NCC(C)CN1CCOCC1)N1CCC2(CCCCC2)C1.I. The van der Waals surface area contributed by atoms with Gasteiger partial charge in [-0.3, -0.25) is 9.89 Å². The second-order valence-corrected chi connectivity index (χ2v) is 8.44. The van der Waals surface area contributed by atoms with Gasteiger partial charge in [0.15, 0.2) is 5.96 Å². The fourth-order valence-electron chi connectivity index (χ4n) is 4.78. The van der Waals surface area contributed by atoms with Crippen molar-refractivity contribution in [3.8, 4) is 0 Å². The van der Waals surface area contributed by atoms with Crippen LogP contribution in [-0.2, 0) is 4.74 Å². The third-order valence-electron chi connectivity index (χ3n) is 6.21. The average molecular weight is 478 g/mol. The van der Waals surface area contributed by atoms with Crippen LogP contribution in [0.5, 0.6) is 0 Å². The van der Waals surface area contributed by atoms with E-state index in [1.165, 1.54) is 51.6 Å². The van der Waals surface area contributed by atoms with Gasteiger partial charge in [0.05, 0.1) is 13.2 Å². The molecule has 0 aromatic heterocycles. The van der Waals surface area contributed by atoms with E-state index in [2.05, 4.69) is 29.0 Å². The minimum absolute atomic E-state index is 0. The van der Waals surface area contributed by atoms with Crippen molar-refractivity contribution >= 4 is 29.9 Å². The summed E-state index contributed by atoms with van der Waals surface area (Å²) in [6, 6.07) is 0. The first-order valence-corrected chi connectivity index (χ1v) is 10.5. The molecule has 2 saturated heterocycles. The van der Waals surface area contributed by atoms with E-state index in [9.17, 15) is 0 Å². The van der Waals surface area contributed by atoms with Gasteiger partial charge >= 0.3 is 0 Å². The number of hydrogen-bond donors (Lipinski definition) is 1. The molecule has 1 unspecified atom stereocenters. The van der Waals surface area contributed by atoms with E-state index < -0.39 is 0 Å². The number of likely N-dealkylation sites (tertiary alicyclic amines) is 1. The van der Waals surface area contributed by atoms with Gasteiger partial charge in [-0.2, -0.15) is 0 Å². The number of hydrogen-bond acceptors (Lipinski definition) is 3. The quantitative estimate of drug-likeness (QED) is 0.375. The summed E-state index contributed by atoms with van der Waals surface area (Å²) < 4.78 is 5.45. The lowest BCUT2D eigenvalue weighted by Gasteiger charge is -2.33. The van der Waals surface area contributed by atoms with Crippen molar-refractivity contribution < 1.29 is 4.74 Å². The van der Waals surface area contributed by atoms with Gasteiger partial charge in [0.1, 0.15) is 0 Å². The van der Waals surface area contributed by atoms with Gasteiger partial charge in [0, 0.05) is 45.8 Å². The Morgan fingerprint density at radius 2 is 1.85 bits per heavy atom. The lowest BCUT2D eigenvalue weighted by molar-refractivity contribution is 0.0323. The Balaban J connectivity index is 0.00000243. The highest BCUT2D eigenvalue weighted by molar-refractivity contribution is 14.0. The predicted octanol–water partition coefficient (Wildman–Crippen LogP) is 3.19. The fraction of sp³-hybridized carbons (Fsp3) is 0.950. The molecule has 1 aliphatic carbocycles. The van der Waals surface area contributed by atoms with Crippen molar-refractivity contribution in [2.75, 3.05) is 59.0 Å². The molecule has 0 aromatic carbocycles. The van der Waals surface area contributed by atoms with E-state index >= 15 is 0 Å². The number of rotatable bonds is 5. The molecule has 1 saturated carbocycles. The summed E-state index contributed by atoms with van der Waals surface area (Å²) in [6.45, 7) is 13.8. The molecule has 0 aromatic rings. The molecular weight excluding hydrogens is 439 g/mol. The van der Waals surface area contributed by atoms with Crippen LogP contribution >= 0.6 is 24.0 Å². The van der Waals surface area contributed by atoms with E-state index in [0.29, 0.717) is 11.3 Å². The molecule has 0 bridgehead atoms. The first kappa shape index (κ1) is 22.2. The zero-order valence-electron chi connectivity index (χ0n) is 16.8. The summed E-state index contributed by atoms with van der Waals surface area (Å²) in [6.07, 6.45) is 8.51. The minimum atomic E-state index is 0. The number of halogens is 1. The van der Waals surface area contributed by atoms with Crippen molar-refractivity contribution in [1.82, 2.24) is 15.1 Å². The summed E-state index contributed by atoms with van der Waals surface area (Å²) in [5.41, 5.74) is 0.591. The summed E-state index contributed by atoms with van der Waals surface area (Å²) >= 11 is 0. The zero-order valence-corrected chi connectivity index (χ0v) is 19.2. The van der Waals surface area contributed by atoms with Gasteiger partial charge in [0.25, 0.3) is 0 Å². The number of morpholine rings is 1.